The fraction of sp³-hybridized carbons (Fsp3) is 0.462. The molecule has 0 aliphatic rings. The maximum atomic E-state index is 12.0. The molecule has 0 fully saturated rings. The molecule has 112 valence electrons. The van der Waals surface area contributed by atoms with Crippen LogP contribution in [0.1, 0.15) is 6.92 Å². The average Bonchev–Trinajstić information content (AvgIpc) is 2.36. The summed E-state index contributed by atoms with van der Waals surface area (Å²) in [6.07, 6.45) is -4.39. The van der Waals surface area contributed by atoms with Crippen molar-refractivity contribution in [1.29, 1.82) is 0 Å². The number of halogens is 3. The van der Waals surface area contributed by atoms with Crippen molar-refractivity contribution in [2.45, 2.75) is 13.1 Å². The smallest absolute Gasteiger partial charge is 0.422 e. The predicted octanol–water partition coefficient (Wildman–Crippen LogP) is 2.42. The zero-order valence-electron chi connectivity index (χ0n) is 11.3. The number of carbonyl (C=O) groups is 1. The molecule has 0 saturated carbocycles. The van der Waals surface area contributed by atoms with Crippen LogP contribution in [0.4, 0.5) is 18.9 Å². The second-order valence-electron chi connectivity index (χ2n) is 4.38. The van der Waals surface area contributed by atoms with Gasteiger partial charge in [-0.15, -0.1) is 0 Å². The highest BCUT2D eigenvalue weighted by Gasteiger charge is 2.28. The van der Waals surface area contributed by atoms with E-state index in [9.17, 15) is 18.0 Å². The summed E-state index contributed by atoms with van der Waals surface area (Å²) >= 11 is 0. The molecule has 0 spiro atoms. The van der Waals surface area contributed by atoms with Crippen molar-refractivity contribution in [3.05, 3.63) is 24.3 Å². The standard InChI is InChI=1S/C13H17F3N2O2/c1-9(7-17-2)12(19)18-10-4-3-5-11(6-10)20-8-13(14,15)16/h3-6,9,17H,7-8H2,1-2H3,(H,18,19). The van der Waals surface area contributed by atoms with E-state index in [0.717, 1.165) is 0 Å². The molecule has 0 heterocycles. The molecule has 0 bridgehead atoms. The van der Waals surface area contributed by atoms with Crippen LogP contribution < -0.4 is 15.4 Å². The van der Waals surface area contributed by atoms with E-state index in [1.165, 1.54) is 18.2 Å². The van der Waals surface area contributed by atoms with Crippen molar-refractivity contribution in [2.24, 2.45) is 5.92 Å². The van der Waals surface area contributed by atoms with Crippen LogP contribution in [0, 0.1) is 5.92 Å². The Morgan fingerprint density at radius 3 is 2.70 bits per heavy atom. The van der Waals surface area contributed by atoms with E-state index in [1.807, 2.05) is 0 Å². The first-order chi connectivity index (χ1) is 9.31. The molecule has 0 aliphatic heterocycles. The Balaban J connectivity index is 2.62. The summed E-state index contributed by atoms with van der Waals surface area (Å²) in [4.78, 5) is 11.8. The molecule has 0 radical (unpaired) electrons. The Morgan fingerprint density at radius 1 is 1.40 bits per heavy atom. The van der Waals surface area contributed by atoms with Crippen molar-refractivity contribution in [1.82, 2.24) is 5.32 Å². The number of carbonyl (C=O) groups excluding carboxylic acids is 1. The number of amides is 1. The summed E-state index contributed by atoms with van der Waals surface area (Å²) in [5.74, 6) is -0.409. The lowest BCUT2D eigenvalue weighted by molar-refractivity contribution is -0.153. The molecular formula is C13H17F3N2O2. The van der Waals surface area contributed by atoms with Gasteiger partial charge in [0.1, 0.15) is 5.75 Å². The molecule has 1 aromatic carbocycles. The largest absolute Gasteiger partial charge is 0.484 e. The Morgan fingerprint density at radius 2 is 2.10 bits per heavy atom. The fourth-order valence-corrected chi connectivity index (χ4v) is 1.49. The topological polar surface area (TPSA) is 50.4 Å². The first kappa shape index (κ1) is 16.3. The van der Waals surface area contributed by atoms with Gasteiger partial charge in [0.25, 0.3) is 0 Å². The van der Waals surface area contributed by atoms with Crippen LogP contribution in [0.2, 0.25) is 0 Å². The van der Waals surface area contributed by atoms with E-state index < -0.39 is 12.8 Å². The first-order valence-electron chi connectivity index (χ1n) is 6.07. The van der Waals surface area contributed by atoms with Crippen LogP contribution in [-0.4, -0.2) is 32.3 Å². The minimum atomic E-state index is -4.39. The van der Waals surface area contributed by atoms with E-state index in [-0.39, 0.29) is 17.6 Å². The lowest BCUT2D eigenvalue weighted by Gasteiger charge is -2.13. The molecule has 0 aromatic heterocycles. The van der Waals surface area contributed by atoms with Crippen LogP contribution in [0.25, 0.3) is 0 Å². The number of rotatable bonds is 6. The van der Waals surface area contributed by atoms with Crippen molar-refractivity contribution >= 4 is 11.6 Å². The molecule has 20 heavy (non-hydrogen) atoms. The van der Waals surface area contributed by atoms with Crippen molar-refractivity contribution in [3.8, 4) is 5.75 Å². The molecule has 1 amide bonds. The Bertz CT molecular complexity index is 449. The van der Waals surface area contributed by atoms with Crippen molar-refractivity contribution < 1.29 is 22.7 Å². The molecule has 1 aromatic rings. The summed E-state index contributed by atoms with van der Waals surface area (Å²) in [6, 6.07) is 5.86. The van der Waals surface area contributed by atoms with Gasteiger partial charge in [-0.2, -0.15) is 13.2 Å². The van der Waals surface area contributed by atoms with Crippen LogP contribution in [0.3, 0.4) is 0 Å². The highest BCUT2D eigenvalue weighted by molar-refractivity contribution is 5.92. The van der Waals surface area contributed by atoms with E-state index in [1.54, 1.807) is 20.0 Å². The Kier molecular flexibility index (Phi) is 5.82. The molecule has 2 N–H and O–H groups in total. The maximum Gasteiger partial charge on any atom is 0.422 e. The highest BCUT2D eigenvalue weighted by atomic mass is 19.4. The van der Waals surface area contributed by atoms with E-state index in [0.29, 0.717) is 12.2 Å². The van der Waals surface area contributed by atoms with Gasteiger partial charge in [0.05, 0.1) is 0 Å². The fourth-order valence-electron chi connectivity index (χ4n) is 1.49. The molecule has 1 unspecified atom stereocenters. The molecule has 1 rings (SSSR count). The number of hydrogen-bond donors (Lipinski definition) is 2. The first-order valence-corrected chi connectivity index (χ1v) is 6.07. The van der Waals surface area contributed by atoms with Gasteiger partial charge in [0.15, 0.2) is 6.61 Å². The highest BCUT2D eigenvalue weighted by Crippen LogP contribution is 2.21. The summed E-state index contributed by atoms with van der Waals surface area (Å²) in [7, 11) is 1.73. The quantitative estimate of drug-likeness (QED) is 0.846. The maximum absolute atomic E-state index is 12.0. The normalized spacial score (nSPS) is 12.8. The average molecular weight is 290 g/mol. The van der Waals surface area contributed by atoms with Gasteiger partial charge in [-0.05, 0) is 19.2 Å². The van der Waals surface area contributed by atoms with Crippen LogP contribution in [0.15, 0.2) is 24.3 Å². The van der Waals surface area contributed by atoms with Gasteiger partial charge >= 0.3 is 6.18 Å². The Labute approximate surface area is 115 Å². The molecule has 7 heteroatoms. The van der Waals surface area contributed by atoms with Gasteiger partial charge in [-0.25, -0.2) is 0 Å². The van der Waals surface area contributed by atoms with Crippen molar-refractivity contribution in [3.63, 3.8) is 0 Å². The SMILES string of the molecule is CNCC(C)C(=O)Nc1cccc(OCC(F)(F)F)c1. The lowest BCUT2D eigenvalue weighted by atomic mass is 10.1. The van der Waals surface area contributed by atoms with Crippen LogP contribution in [0.5, 0.6) is 5.75 Å². The number of alkyl halides is 3. The third kappa shape index (κ3) is 5.92. The third-order valence-electron chi connectivity index (χ3n) is 2.46. The molecule has 4 nitrogen and oxygen atoms in total. The number of anilines is 1. The van der Waals surface area contributed by atoms with Gasteiger partial charge in [0.2, 0.25) is 5.91 Å². The molecule has 1 atom stereocenters. The van der Waals surface area contributed by atoms with Crippen LogP contribution >= 0.6 is 0 Å². The van der Waals surface area contributed by atoms with Gasteiger partial charge in [0, 0.05) is 24.2 Å². The number of benzene rings is 1. The van der Waals surface area contributed by atoms with E-state index in [4.69, 9.17) is 0 Å². The predicted molar refractivity (Wildman–Crippen MR) is 69.7 cm³/mol. The number of nitrogens with one attached hydrogen (secondary N) is 2. The van der Waals surface area contributed by atoms with Crippen LogP contribution in [-0.2, 0) is 4.79 Å². The minimum Gasteiger partial charge on any atom is -0.484 e. The zero-order valence-corrected chi connectivity index (χ0v) is 11.3. The second kappa shape index (κ2) is 7.14. The molecular weight excluding hydrogens is 273 g/mol. The minimum absolute atomic E-state index is 0.0568. The van der Waals surface area contributed by atoms with Gasteiger partial charge in [-0.3, -0.25) is 4.79 Å². The second-order valence-corrected chi connectivity index (χ2v) is 4.38. The summed E-state index contributed by atoms with van der Waals surface area (Å²) in [6.45, 7) is 0.895. The number of hydrogen-bond acceptors (Lipinski definition) is 3. The van der Waals surface area contributed by atoms with E-state index in [2.05, 4.69) is 15.4 Å². The summed E-state index contributed by atoms with van der Waals surface area (Å²) in [5.41, 5.74) is 0.401. The Hall–Kier alpha value is -1.76. The number of ether oxygens (including phenoxy) is 1. The van der Waals surface area contributed by atoms with E-state index >= 15 is 0 Å². The molecule has 0 aliphatic carbocycles. The van der Waals surface area contributed by atoms with Gasteiger partial charge < -0.3 is 15.4 Å². The lowest BCUT2D eigenvalue weighted by Crippen LogP contribution is -2.28. The monoisotopic (exact) mass is 290 g/mol. The summed E-state index contributed by atoms with van der Waals surface area (Å²) < 4.78 is 40.7. The summed E-state index contributed by atoms with van der Waals surface area (Å²) in [5, 5.41) is 5.50. The van der Waals surface area contributed by atoms with Crippen molar-refractivity contribution in [2.75, 3.05) is 25.5 Å². The third-order valence-corrected chi connectivity index (χ3v) is 2.46. The van der Waals surface area contributed by atoms with Gasteiger partial charge in [-0.1, -0.05) is 13.0 Å². The molecule has 0 saturated heterocycles. The zero-order chi connectivity index (χ0) is 15.2.